The maximum absolute atomic E-state index is 13.2. The van der Waals surface area contributed by atoms with E-state index >= 15 is 0 Å². The average molecular weight is 258 g/mol. The zero-order valence-corrected chi connectivity index (χ0v) is 10.4. The van der Waals surface area contributed by atoms with Crippen molar-refractivity contribution in [2.24, 2.45) is 11.7 Å². The quantitative estimate of drug-likeness (QED) is 0.900. The van der Waals surface area contributed by atoms with Gasteiger partial charge in [0.05, 0.1) is 17.7 Å². The number of hydrogen-bond acceptors (Lipinski definition) is 2. The fourth-order valence-corrected chi connectivity index (χ4v) is 2.53. The Morgan fingerprint density at radius 3 is 3.00 bits per heavy atom. The van der Waals surface area contributed by atoms with Crippen LogP contribution in [0.4, 0.5) is 4.39 Å². The largest absolute Gasteiger partial charge is 0.373 e. The van der Waals surface area contributed by atoms with E-state index in [-0.39, 0.29) is 11.1 Å². The standard InChI is InChI=1S/C13H17ClFNO/c14-13-10(4-1-5-11(13)15)8-17-12-6-2-3-9(12)7-16/h1,4-5,9,12H,2-3,6-8,16H2. The molecule has 17 heavy (non-hydrogen) atoms. The Labute approximate surface area is 106 Å². The van der Waals surface area contributed by atoms with Crippen LogP contribution in [-0.2, 0) is 11.3 Å². The van der Waals surface area contributed by atoms with Crippen molar-refractivity contribution in [1.29, 1.82) is 0 Å². The highest BCUT2D eigenvalue weighted by Gasteiger charge is 2.26. The van der Waals surface area contributed by atoms with Gasteiger partial charge < -0.3 is 10.5 Å². The average Bonchev–Trinajstić information content (AvgIpc) is 2.78. The van der Waals surface area contributed by atoms with Gasteiger partial charge in [0.15, 0.2) is 0 Å². The van der Waals surface area contributed by atoms with Gasteiger partial charge in [-0.3, -0.25) is 0 Å². The van der Waals surface area contributed by atoms with Gasteiger partial charge in [-0.15, -0.1) is 0 Å². The molecule has 0 heterocycles. The molecule has 0 bridgehead atoms. The van der Waals surface area contributed by atoms with Crippen LogP contribution in [-0.4, -0.2) is 12.6 Å². The Hall–Kier alpha value is -0.640. The first-order valence-electron chi connectivity index (χ1n) is 5.97. The summed E-state index contributed by atoms with van der Waals surface area (Å²) in [6.45, 7) is 1.01. The number of ether oxygens (including phenoxy) is 1. The summed E-state index contributed by atoms with van der Waals surface area (Å²) in [7, 11) is 0. The third-order valence-corrected chi connectivity index (χ3v) is 3.80. The molecular weight excluding hydrogens is 241 g/mol. The van der Waals surface area contributed by atoms with Crippen molar-refractivity contribution in [1.82, 2.24) is 0 Å². The second-order valence-electron chi connectivity index (χ2n) is 4.49. The van der Waals surface area contributed by atoms with Crippen molar-refractivity contribution in [3.63, 3.8) is 0 Å². The van der Waals surface area contributed by atoms with E-state index in [1.165, 1.54) is 6.07 Å². The molecule has 0 radical (unpaired) electrons. The van der Waals surface area contributed by atoms with E-state index in [4.69, 9.17) is 22.1 Å². The van der Waals surface area contributed by atoms with Gasteiger partial charge in [0.25, 0.3) is 0 Å². The van der Waals surface area contributed by atoms with Crippen molar-refractivity contribution >= 4 is 11.6 Å². The highest BCUT2D eigenvalue weighted by molar-refractivity contribution is 6.31. The molecule has 1 aromatic carbocycles. The summed E-state index contributed by atoms with van der Waals surface area (Å²) in [4.78, 5) is 0. The summed E-state index contributed by atoms with van der Waals surface area (Å²) >= 11 is 5.87. The predicted octanol–water partition coefficient (Wildman–Crippen LogP) is 3.12. The van der Waals surface area contributed by atoms with E-state index in [0.29, 0.717) is 24.6 Å². The Morgan fingerprint density at radius 1 is 1.41 bits per heavy atom. The molecule has 2 N–H and O–H groups in total. The summed E-state index contributed by atoms with van der Waals surface area (Å²) < 4.78 is 19.0. The van der Waals surface area contributed by atoms with Gasteiger partial charge in [-0.25, -0.2) is 4.39 Å². The molecule has 1 saturated carbocycles. The molecule has 4 heteroatoms. The van der Waals surface area contributed by atoms with Gasteiger partial charge in [0.1, 0.15) is 5.82 Å². The van der Waals surface area contributed by atoms with Crippen LogP contribution < -0.4 is 5.73 Å². The molecule has 1 aliphatic rings. The highest BCUT2D eigenvalue weighted by Crippen LogP contribution is 2.29. The van der Waals surface area contributed by atoms with Gasteiger partial charge in [-0.1, -0.05) is 30.2 Å². The van der Waals surface area contributed by atoms with Crippen LogP contribution in [0.15, 0.2) is 18.2 Å². The van der Waals surface area contributed by atoms with Crippen LogP contribution in [0.3, 0.4) is 0 Å². The summed E-state index contributed by atoms with van der Waals surface area (Å²) in [6.07, 6.45) is 3.51. The summed E-state index contributed by atoms with van der Waals surface area (Å²) in [5.41, 5.74) is 6.38. The van der Waals surface area contributed by atoms with Gasteiger partial charge in [-0.05, 0) is 36.9 Å². The number of hydrogen-bond donors (Lipinski definition) is 1. The van der Waals surface area contributed by atoms with E-state index in [1.807, 2.05) is 0 Å². The van der Waals surface area contributed by atoms with Crippen molar-refractivity contribution in [2.45, 2.75) is 32.0 Å². The number of halogens is 2. The molecule has 2 nitrogen and oxygen atoms in total. The monoisotopic (exact) mass is 257 g/mol. The van der Waals surface area contributed by atoms with Gasteiger partial charge in [0.2, 0.25) is 0 Å². The summed E-state index contributed by atoms with van der Waals surface area (Å²) in [6, 6.07) is 4.79. The molecule has 94 valence electrons. The topological polar surface area (TPSA) is 35.2 Å². The van der Waals surface area contributed by atoms with Crippen LogP contribution in [0.5, 0.6) is 0 Å². The molecule has 0 saturated heterocycles. The zero-order chi connectivity index (χ0) is 12.3. The minimum Gasteiger partial charge on any atom is -0.373 e. The van der Waals surface area contributed by atoms with E-state index in [9.17, 15) is 4.39 Å². The number of nitrogens with two attached hydrogens (primary N) is 1. The minimum atomic E-state index is -0.394. The normalized spacial score (nSPS) is 24.2. The Balaban J connectivity index is 1.95. The fraction of sp³-hybridized carbons (Fsp3) is 0.538. The van der Waals surface area contributed by atoms with Crippen molar-refractivity contribution in [3.05, 3.63) is 34.6 Å². The Kier molecular flexibility index (Phi) is 4.37. The lowest BCUT2D eigenvalue weighted by Crippen LogP contribution is -2.25. The van der Waals surface area contributed by atoms with Crippen molar-refractivity contribution < 1.29 is 9.13 Å². The summed E-state index contributed by atoms with van der Waals surface area (Å²) in [5.74, 6) is 0.0388. The summed E-state index contributed by atoms with van der Waals surface area (Å²) in [5, 5.41) is 0.162. The first kappa shape index (κ1) is 12.8. The fourth-order valence-electron chi connectivity index (χ4n) is 2.35. The molecule has 2 unspecified atom stereocenters. The highest BCUT2D eigenvalue weighted by atomic mass is 35.5. The molecule has 0 aromatic heterocycles. The van der Waals surface area contributed by atoms with Crippen molar-refractivity contribution in [3.8, 4) is 0 Å². The molecule has 0 aliphatic heterocycles. The smallest absolute Gasteiger partial charge is 0.142 e. The second-order valence-corrected chi connectivity index (χ2v) is 4.87. The molecule has 2 rings (SSSR count). The van der Waals surface area contributed by atoms with Gasteiger partial charge in [0, 0.05) is 0 Å². The van der Waals surface area contributed by atoms with Gasteiger partial charge >= 0.3 is 0 Å². The molecule has 1 aromatic rings. The van der Waals surface area contributed by atoms with E-state index in [1.54, 1.807) is 12.1 Å². The number of benzene rings is 1. The third kappa shape index (κ3) is 2.97. The lowest BCUT2D eigenvalue weighted by molar-refractivity contribution is 0.0182. The molecule has 1 aliphatic carbocycles. The Morgan fingerprint density at radius 2 is 2.24 bits per heavy atom. The first-order valence-corrected chi connectivity index (χ1v) is 6.34. The zero-order valence-electron chi connectivity index (χ0n) is 9.66. The second kappa shape index (κ2) is 5.80. The van der Waals surface area contributed by atoms with E-state index in [0.717, 1.165) is 19.3 Å². The van der Waals surface area contributed by atoms with E-state index in [2.05, 4.69) is 0 Å². The maximum Gasteiger partial charge on any atom is 0.142 e. The molecule has 0 amide bonds. The van der Waals surface area contributed by atoms with Crippen molar-refractivity contribution in [2.75, 3.05) is 6.54 Å². The molecule has 1 fully saturated rings. The minimum absolute atomic E-state index is 0.162. The van der Waals surface area contributed by atoms with Crippen LogP contribution in [0, 0.1) is 11.7 Å². The third-order valence-electron chi connectivity index (χ3n) is 3.38. The predicted molar refractivity (Wildman–Crippen MR) is 66.4 cm³/mol. The van der Waals surface area contributed by atoms with Crippen LogP contribution >= 0.6 is 11.6 Å². The lowest BCUT2D eigenvalue weighted by Gasteiger charge is -2.19. The Bertz CT molecular complexity index is 386. The SMILES string of the molecule is NCC1CCCC1OCc1cccc(F)c1Cl. The lowest BCUT2D eigenvalue weighted by atomic mass is 10.1. The maximum atomic E-state index is 13.2. The molecule has 0 spiro atoms. The van der Waals surface area contributed by atoms with Crippen LogP contribution in [0.1, 0.15) is 24.8 Å². The van der Waals surface area contributed by atoms with Gasteiger partial charge in [-0.2, -0.15) is 0 Å². The van der Waals surface area contributed by atoms with E-state index < -0.39 is 5.82 Å². The first-order chi connectivity index (χ1) is 8.22. The van der Waals surface area contributed by atoms with Crippen LogP contribution in [0.25, 0.3) is 0 Å². The molecule has 2 atom stereocenters. The van der Waals surface area contributed by atoms with Crippen LogP contribution in [0.2, 0.25) is 5.02 Å². The number of rotatable bonds is 4. The molecular formula is C13H17ClFNO.